The molecule has 3 aromatic heterocycles. The minimum Gasteiger partial charge on any atom is -0.318 e. The Morgan fingerprint density at radius 2 is 1.97 bits per heavy atom. The van der Waals surface area contributed by atoms with Crippen molar-refractivity contribution < 1.29 is 0 Å². The van der Waals surface area contributed by atoms with Crippen LogP contribution in [-0.4, -0.2) is 15.0 Å². The molecule has 5 heteroatoms. The fourth-order valence-corrected chi connectivity index (χ4v) is 5.52. The van der Waals surface area contributed by atoms with E-state index < -0.39 is 0 Å². The lowest BCUT2D eigenvalue weighted by atomic mass is 9.88. The Hall–Kier alpha value is -2.79. The molecule has 0 saturated carbocycles. The number of nitrogens with zero attached hydrogens (tertiary/aromatic N) is 4. The SMILES string of the molecule is CC1CCc2sc3ncnc(N(c4ccccc4)C(C)c4cccnc4)c3c2C1. The van der Waals surface area contributed by atoms with Gasteiger partial charge in [-0.15, -0.1) is 11.3 Å². The van der Waals surface area contributed by atoms with Crippen molar-refractivity contribution in [3.63, 3.8) is 0 Å². The van der Waals surface area contributed by atoms with E-state index >= 15 is 0 Å². The van der Waals surface area contributed by atoms with Crippen molar-refractivity contribution in [1.29, 1.82) is 0 Å². The second-order valence-corrected chi connectivity index (χ2v) is 8.98. The minimum atomic E-state index is 0.0979. The molecule has 0 aliphatic heterocycles. The van der Waals surface area contributed by atoms with Crippen LogP contribution in [0.2, 0.25) is 0 Å². The quantitative estimate of drug-likeness (QED) is 0.414. The van der Waals surface area contributed by atoms with Crippen LogP contribution in [0.4, 0.5) is 11.5 Å². The molecule has 2 atom stereocenters. The second kappa shape index (κ2) is 7.56. The summed E-state index contributed by atoms with van der Waals surface area (Å²) < 4.78 is 0. The normalized spacial score (nSPS) is 17.1. The van der Waals surface area contributed by atoms with Gasteiger partial charge in [-0.05, 0) is 61.4 Å². The molecular weight excluding hydrogens is 376 g/mol. The molecule has 3 heterocycles. The van der Waals surface area contributed by atoms with E-state index in [1.807, 2.05) is 29.8 Å². The van der Waals surface area contributed by atoms with E-state index in [-0.39, 0.29) is 6.04 Å². The third-order valence-corrected chi connectivity index (χ3v) is 7.08. The molecule has 1 aliphatic carbocycles. The van der Waals surface area contributed by atoms with Crippen molar-refractivity contribution in [1.82, 2.24) is 15.0 Å². The number of thiophene rings is 1. The monoisotopic (exact) mass is 400 g/mol. The number of pyridine rings is 1. The summed E-state index contributed by atoms with van der Waals surface area (Å²) in [5.41, 5.74) is 3.76. The zero-order valence-electron chi connectivity index (χ0n) is 16.7. The third-order valence-electron chi connectivity index (χ3n) is 5.88. The lowest BCUT2D eigenvalue weighted by Crippen LogP contribution is -2.23. The molecule has 0 spiro atoms. The molecule has 0 amide bonds. The zero-order valence-corrected chi connectivity index (χ0v) is 17.6. The van der Waals surface area contributed by atoms with E-state index in [0.29, 0.717) is 5.92 Å². The lowest BCUT2D eigenvalue weighted by Gasteiger charge is -2.31. The first-order chi connectivity index (χ1) is 14.2. The van der Waals surface area contributed by atoms with Crippen LogP contribution in [0.3, 0.4) is 0 Å². The lowest BCUT2D eigenvalue weighted by molar-refractivity contribution is 0.508. The van der Waals surface area contributed by atoms with E-state index in [4.69, 9.17) is 4.98 Å². The maximum atomic E-state index is 4.84. The van der Waals surface area contributed by atoms with Gasteiger partial charge in [0, 0.05) is 23.0 Å². The number of fused-ring (bicyclic) bond motifs is 3. The maximum absolute atomic E-state index is 4.84. The maximum Gasteiger partial charge on any atom is 0.146 e. The Morgan fingerprint density at radius 1 is 1.10 bits per heavy atom. The average molecular weight is 401 g/mol. The predicted molar refractivity (Wildman–Crippen MR) is 120 cm³/mol. The highest BCUT2D eigenvalue weighted by Gasteiger charge is 2.28. The number of hydrogen-bond donors (Lipinski definition) is 0. The molecule has 0 bridgehead atoms. The van der Waals surface area contributed by atoms with Crippen LogP contribution in [0.25, 0.3) is 10.2 Å². The topological polar surface area (TPSA) is 41.9 Å². The summed E-state index contributed by atoms with van der Waals surface area (Å²) in [4.78, 5) is 18.8. The molecule has 1 aromatic carbocycles. The van der Waals surface area contributed by atoms with Crippen molar-refractivity contribution in [3.8, 4) is 0 Å². The van der Waals surface area contributed by atoms with Crippen LogP contribution in [0.1, 0.15) is 42.3 Å². The van der Waals surface area contributed by atoms with Gasteiger partial charge in [0.25, 0.3) is 0 Å². The van der Waals surface area contributed by atoms with Crippen molar-refractivity contribution in [2.24, 2.45) is 5.92 Å². The molecule has 2 unspecified atom stereocenters. The van der Waals surface area contributed by atoms with E-state index in [0.717, 1.165) is 29.2 Å². The summed E-state index contributed by atoms with van der Waals surface area (Å²) in [6, 6.07) is 14.8. The van der Waals surface area contributed by atoms with Crippen molar-refractivity contribution in [2.45, 2.75) is 39.2 Å². The third kappa shape index (κ3) is 3.29. The summed E-state index contributed by atoms with van der Waals surface area (Å²) >= 11 is 1.85. The number of hydrogen-bond acceptors (Lipinski definition) is 5. The molecule has 4 nitrogen and oxygen atoms in total. The molecule has 0 fully saturated rings. The summed E-state index contributed by atoms with van der Waals surface area (Å²) in [6.07, 6.45) is 9.01. The van der Waals surface area contributed by atoms with Gasteiger partial charge in [0.05, 0.1) is 11.4 Å². The Balaban J connectivity index is 1.73. The van der Waals surface area contributed by atoms with Gasteiger partial charge >= 0.3 is 0 Å². The van der Waals surface area contributed by atoms with E-state index in [2.05, 4.69) is 65.1 Å². The van der Waals surface area contributed by atoms with Gasteiger partial charge in [-0.3, -0.25) is 4.98 Å². The first-order valence-corrected chi connectivity index (χ1v) is 11.0. The summed E-state index contributed by atoms with van der Waals surface area (Å²) in [7, 11) is 0. The fraction of sp³-hybridized carbons (Fsp3) is 0.292. The Kier molecular flexibility index (Phi) is 4.76. The molecule has 29 heavy (non-hydrogen) atoms. The number of aromatic nitrogens is 3. The molecule has 1 aliphatic rings. The van der Waals surface area contributed by atoms with Gasteiger partial charge in [-0.2, -0.15) is 0 Å². The average Bonchev–Trinajstić information content (AvgIpc) is 3.14. The molecule has 5 rings (SSSR count). The standard InChI is InChI=1S/C24H24N4S/c1-16-10-11-21-20(13-16)22-23(26-15-27-24(22)29-21)28(19-8-4-3-5-9-19)17(2)18-7-6-12-25-14-18/h3-9,12,14-17H,10-11,13H2,1-2H3. The highest BCUT2D eigenvalue weighted by Crippen LogP contribution is 2.44. The number of benzene rings is 1. The van der Waals surface area contributed by atoms with Gasteiger partial charge < -0.3 is 4.90 Å². The van der Waals surface area contributed by atoms with Gasteiger partial charge in [0.2, 0.25) is 0 Å². The van der Waals surface area contributed by atoms with Crippen LogP contribution in [0.15, 0.2) is 61.2 Å². The van der Waals surface area contributed by atoms with E-state index in [9.17, 15) is 0 Å². The predicted octanol–water partition coefficient (Wildman–Crippen LogP) is 6.11. The van der Waals surface area contributed by atoms with Crippen molar-refractivity contribution in [2.75, 3.05) is 4.90 Å². The Labute approximate surface area is 175 Å². The largest absolute Gasteiger partial charge is 0.318 e. The Morgan fingerprint density at radius 3 is 2.76 bits per heavy atom. The highest BCUT2D eigenvalue weighted by atomic mass is 32.1. The van der Waals surface area contributed by atoms with E-state index in [1.165, 1.54) is 27.8 Å². The number of para-hydroxylation sites is 1. The first-order valence-electron chi connectivity index (χ1n) is 10.2. The molecular formula is C24H24N4S. The zero-order chi connectivity index (χ0) is 19.8. The summed E-state index contributed by atoms with van der Waals surface area (Å²) in [5.74, 6) is 1.71. The molecule has 0 N–H and O–H groups in total. The second-order valence-electron chi connectivity index (χ2n) is 7.90. The molecule has 146 valence electrons. The van der Waals surface area contributed by atoms with Gasteiger partial charge in [0.1, 0.15) is 17.0 Å². The molecule has 0 saturated heterocycles. The first kappa shape index (κ1) is 18.3. The van der Waals surface area contributed by atoms with Crippen LogP contribution >= 0.6 is 11.3 Å². The van der Waals surface area contributed by atoms with E-state index in [1.54, 1.807) is 6.33 Å². The number of aryl methyl sites for hydroxylation is 1. The number of rotatable bonds is 4. The molecule has 4 aromatic rings. The summed E-state index contributed by atoms with van der Waals surface area (Å²) in [5, 5.41) is 1.23. The minimum absolute atomic E-state index is 0.0979. The smallest absolute Gasteiger partial charge is 0.146 e. The molecule has 0 radical (unpaired) electrons. The van der Waals surface area contributed by atoms with Gasteiger partial charge in [0.15, 0.2) is 0 Å². The van der Waals surface area contributed by atoms with Crippen LogP contribution < -0.4 is 4.90 Å². The van der Waals surface area contributed by atoms with Gasteiger partial charge in [-0.25, -0.2) is 9.97 Å². The van der Waals surface area contributed by atoms with Crippen LogP contribution in [-0.2, 0) is 12.8 Å². The van der Waals surface area contributed by atoms with Gasteiger partial charge in [-0.1, -0.05) is 31.2 Å². The summed E-state index contributed by atoms with van der Waals surface area (Å²) in [6.45, 7) is 4.57. The number of anilines is 2. The van der Waals surface area contributed by atoms with Crippen LogP contribution in [0, 0.1) is 5.92 Å². The van der Waals surface area contributed by atoms with Crippen molar-refractivity contribution in [3.05, 3.63) is 77.2 Å². The highest BCUT2D eigenvalue weighted by molar-refractivity contribution is 7.19. The Bertz CT molecular complexity index is 1120. The van der Waals surface area contributed by atoms with Crippen molar-refractivity contribution >= 4 is 33.1 Å². The van der Waals surface area contributed by atoms with Crippen LogP contribution in [0.5, 0.6) is 0 Å². The fourth-order valence-electron chi connectivity index (χ4n) is 4.34.